The SMILES string of the molecule is CSc1nc2c(s1)c1cn[nH]c(=O)c1n2C.C[Si](C)(C)CCOCn1ncc2c(CBr)cccc21.Cn1c2nc(C(N)=O)sc2c2cnn(Cc3cccc4[nH]ncc34)c(=O)c21.Cn1c2nc(S(C)(=O)=O)sc2c2cnn(Cc3cccc4c3cnn4COCC[Si](C)(C)C)c(=O)c21.O=S(=O)(O)O.[C-]#[N+]c1nc2c(s1)c1cnn(Cc3cccc4c3cnn4COCC[Si](C)(C)C)c(=O)c1n2C. The summed E-state index contributed by atoms with van der Waals surface area (Å²) in [6.45, 7) is 32.8. The first-order chi connectivity index (χ1) is 65.0. The maximum atomic E-state index is 13.4. The van der Waals surface area contributed by atoms with Crippen molar-refractivity contribution < 1.29 is 44.9 Å². The van der Waals surface area contributed by atoms with Gasteiger partial charge in [-0.25, -0.2) is 56.6 Å². The van der Waals surface area contributed by atoms with E-state index in [4.69, 9.17) is 44.0 Å². The molecule has 716 valence electrons. The maximum Gasteiger partial charge on any atom is 0.394 e. The second-order valence-electron chi connectivity index (χ2n) is 35.7. The Hall–Kier alpha value is -11.9. The minimum atomic E-state index is -4.67. The second kappa shape index (κ2) is 40.7. The lowest BCUT2D eigenvalue weighted by atomic mass is 10.1. The van der Waals surface area contributed by atoms with Gasteiger partial charge in [0.1, 0.15) is 42.3 Å². The minimum absolute atomic E-state index is 0.0299. The standard InChI is InChI=1S/C23H25N7O2SSi.C23H28N6O4S2Si.C17H13N7O2S.C14H21BrN2OSi.C9H8N4OS2.H2O4S/c1-24-23-27-21-20(33-23)17-12-25-29(22(31)19(17)28(21)2)13-15-7-6-8-18-16(15)11-26-30(18)14-32-9-10-34(3,4)5;1-27-19-17(20-21(27)26-23(34-20)35(2,31)32)12-24-28(22(19)30)13-15-7-6-8-18-16(15)11-25-29(18)14-33-9-10-36(3,4)5;1-23-12-10(13-15(23)21-16(27-13)14(18)25)6-20-24(17(12)26)7-8-3-2-4-11-9(8)5-19-22-11;1-19(2,3)8-7-18-11-17-14-6-4-5-12(9-15)13(14)10-16-17;1-13-5-4(3-10-12-8(5)14)6-7(13)11-9(15-2)16-6;1-5(2,3)4/h6-8,11-12H,9-10,13-14H2,2-5H3;6-8,11-12H,9-10,13-14H2,1-5H3;2-6H,7H2,1H3,(H2,18,25)(H,19,22);4-6,10H,7-9,11H2,1-3H3;3H,1-2H3,(H,12,14);(H2,1,2,3,4). The summed E-state index contributed by atoms with van der Waals surface area (Å²) in [5.41, 5.74) is 17.1. The van der Waals surface area contributed by atoms with E-state index in [1.165, 1.54) is 53.7 Å². The van der Waals surface area contributed by atoms with E-state index in [-0.39, 0.29) is 38.1 Å². The number of aryl methyl sites for hydroxylation is 4. The molecule has 0 aliphatic rings. The van der Waals surface area contributed by atoms with Crippen molar-refractivity contribution in [3.8, 4) is 0 Å². The number of aromatic nitrogens is 24. The molecule has 0 atom stereocenters. The molecule has 0 aliphatic carbocycles. The summed E-state index contributed by atoms with van der Waals surface area (Å²) >= 11 is 10.2. The van der Waals surface area contributed by atoms with Crippen LogP contribution in [0.15, 0.2) is 150 Å². The molecule has 137 heavy (non-hydrogen) atoms. The molecule has 0 spiro atoms. The summed E-state index contributed by atoms with van der Waals surface area (Å²) in [5.74, 6) is -0.584. The van der Waals surface area contributed by atoms with Crippen LogP contribution in [0.25, 0.3) is 133 Å². The highest BCUT2D eigenvalue weighted by molar-refractivity contribution is 9.08. The number of thioether (sulfide) groups is 1. The number of hydrogen-bond acceptors (Lipinski definition) is 29. The first-order valence-corrected chi connectivity index (χ1v) is 62.5. The van der Waals surface area contributed by atoms with E-state index in [0.717, 1.165) is 138 Å². The average Bonchev–Trinajstić information content (AvgIpc) is 1.77. The summed E-state index contributed by atoms with van der Waals surface area (Å²) in [6, 6.07) is 27.3. The molecule has 0 fully saturated rings. The third-order valence-corrected chi connectivity index (χ3v) is 34.9. The van der Waals surface area contributed by atoms with Crippen molar-refractivity contribution >= 4 is 257 Å². The molecule has 1 amide bonds. The number of benzene rings is 4. The van der Waals surface area contributed by atoms with Crippen LogP contribution in [0, 0.1) is 6.57 Å². The lowest BCUT2D eigenvalue weighted by Crippen LogP contribution is -2.24. The quantitative estimate of drug-likeness (QED) is 0.00886. The van der Waals surface area contributed by atoms with Crippen molar-refractivity contribution in [1.82, 2.24) is 117 Å². The molecule has 4 aromatic carbocycles. The highest BCUT2D eigenvalue weighted by atomic mass is 79.9. The fraction of sp³-hybridized carbons (Fsp3) is 0.326. The van der Waals surface area contributed by atoms with Gasteiger partial charge in [-0.2, -0.15) is 49.2 Å². The number of halogens is 1. The molecule has 40 nitrogen and oxygen atoms in total. The Kier molecular flexibility index (Phi) is 29.6. The number of hydrogen-bond donors (Lipinski definition) is 5. The number of H-pyrrole nitrogens is 2. The minimum Gasteiger partial charge on any atom is -0.364 e. The zero-order chi connectivity index (χ0) is 98.2. The summed E-state index contributed by atoms with van der Waals surface area (Å²) in [5, 5.41) is 48.2. The lowest BCUT2D eigenvalue weighted by Gasteiger charge is -2.15. The molecule has 0 unspecified atom stereocenters. The molecule has 0 radical (unpaired) electrons. The number of carbonyl (C=O) groups is 1. The number of nitrogens with one attached hydrogen (secondary N) is 2. The predicted molar refractivity (Wildman–Crippen MR) is 550 cm³/mol. The first kappa shape index (κ1) is 99.6. The van der Waals surface area contributed by atoms with Gasteiger partial charge < -0.3 is 43.1 Å². The smallest absolute Gasteiger partial charge is 0.364 e. The first-order valence-electron chi connectivity index (χ1n) is 42.5. The monoisotopic (exact) mass is 2100 g/mol. The van der Waals surface area contributed by atoms with Crippen molar-refractivity contribution in [2.45, 2.75) is 131 Å². The number of carbonyl (C=O) groups excluding carboxylic acids is 1. The zero-order valence-electron chi connectivity index (χ0n) is 77.1. The Morgan fingerprint density at radius 2 is 0.832 bits per heavy atom. The van der Waals surface area contributed by atoms with Gasteiger partial charge in [-0.3, -0.25) is 38.2 Å². The van der Waals surface area contributed by atoms with Crippen LogP contribution in [0.4, 0.5) is 5.13 Å². The van der Waals surface area contributed by atoms with Crippen LogP contribution in [0.2, 0.25) is 77.1 Å². The fourth-order valence-electron chi connectivity index (χ4n) is 15.2. The number of fused-ring (bicyclic) bond motifs is 16. The van der Waals surface area contributed by atoms with E-state index < -0.39 is 50.4 Å². The van der Waals surface area contributed by atoms with Gasteiger partial charge in [0.15, 0.2) is 26.3 Å². The van der Waals surface area contributed by atoms with Crippen LogP contribution in [-0.2, 0) is 108 Å². The van der Waals surface area contributed by atoms with E-state index in [1.807, 2.05) is 98.9 Å². The van der Waals surface area contributed by atoms with Gasteiger partial charge in [0, 0.05) is 127 Å². The summed E-state index contributed by atoms with van der Waals surface area (Å²) in [4.78, 5) is 83.6. The number of thiazole rings is 4. The molecular weight excluding hydrogens is 2010 g/mol. The van der Waals surface area contributed by atoms with E-state index in [2.05, 4.69) is 169 Å². The number of ether oxygens (including phenoxy) is 3. The van der Waals surface area contributed by atoms with E-state index in [0.29, 0.717) is 99.5 Å². The van der Waals surface area contributed by atoms with Crippen LogP contribution in [0.1, 0.15) is 32.1 Å². The van der Waals surface area contributed by atoms with Crippen molar-refractivity contribution in [1.29, 1.82) is 0 Å². The summed E-state index contributed by atoms with van der Waals surface area (Å²) < 4.78 is 94.1. The van der Waals surface area contributed by atoms with Crippen LogP contribution in [-0.4, -0.2) is 206 Å². The van der Waals surface area contributed by atoms with Gasteiger partial charge >= 0.3 is 15.5 Å². The Morgan fingerprint density at radius 1 is 0.474 bits per heavy atom. The van der Waals surface area contributed by atoms with Crippen molar-refractivity contribution in [3.63, 3.8) is 0 Å². The van der Waals surface area contributed by atoms with Crippen LogP contribution in [0.5, 0.6) is 0 Å². The van der Waals surface area contributed by atoms with E-state index >= 15 is 0 Å². The molecule has 0 saturated carbocycles. The number of aromatic amines is 2. The van der Waals surface area contributed by atoms with Crippen LogP contribution < -0.4 is 28.0 Å². The van der Waals surface area contributed by atoms with E-state index in [9.17, 15) is 32.4 Å². The van der Waals surface area contributed by atoms with Crippen molar-refractivity contribution in [2.24, 2.45) is 33.9 Å². The number of alkyl halides is 1. The number of amides is 1. The van der Waals surface area contributed by atoms with Gasteiger partial charge in [0.05, 0.1) is 110 Å². The number of nitrogens with two attached hydrogens (primary N) is 1. The van der Waals surface area contributed by atoms with Gasteiger partial charge in [-0.15, -0.1) is 45.3 Å². The molecule has 6 N–H and O–H groups in total. The maximum absolute atomic E-state index is 13.4. The molecule has 0 bridgehead atoms. The van der Waals surface area contributed by atoms with Crippen molar-refractivity contribution in [3.05, 3.63) is 202 Å². The third-order valence-electron chi connectivity index (χ3n) is 22.3. The molecule has 20 rings (SSSR count). The second-order valence-corrected chi connectivity index (χ2v) is 61.2. The Balaban J connectivity index is 0.000000132. The van der Waals surface area contributed by atoms with Crippen LogP contribution in [0.3, 0.4) is 0 Å². The highest BCUT2D eigenvalue weighted by Gasteiger charge is 2.27. The summed E-state index contributed by atoms with van der Waals surface area (Å²) in [7, 11) is -4.29. The number of nitrogens with zero attached hydrogens (tertiary/aromatic N) is 23. The molecule has 0 aliphatic heterocycles. The molecule has 0 saturated heterocycles. The molecule has 20 aromatic rings. The predicted octanol–water partition coefficient (Wildman–Crippen LogP) is 14.6. The largest absolute Gasteiger partial charge is 0.394 e. The lowest BCUT2D eigenvalue weighted by molar-refractivity contribution is 0.0816. The van der Waals surface area contributed by atoms with Gasteiger partial charge in [0.2, 0.25) is 19.8 Å². The number of primary amides is 1. The number of rotatable bonds is 25. The van der Waals surface area contributed by atoms with Gasteiger partial charge in [-0.1, -0.05) is 147 Å². The Morgan fingerprint density at radius 3 is 1.26 bits per heavy atom. The fourth-order valence-corrected chi connectivity index (χ4v) is 23.4. The Labute approximate surface area is 812 Å². The zero-order valence-corrected chi connectivity index (χ0v) is 87.4. The average molecular weight is 2110 g/mol. The topological polar surface area (TPSA) is 488 Å². The van der Waals surface area contributed by atoms with Gasteiger partial charge in [0.25, 0.3) is 28.1 Å². The van der Waals surface area contributed by atoms with Crippen LogP contribution >= 0.6 is 73.0 Å². The molecule has 16 heterocycles. The molecular formula is C86H97BrN26O14S7Si3. The molecule has 16 aromatic heterocycles. The third kappa shape index (κ3) is 22.0. The Bertz CT molecular complexity index is 8550. The number of sulfone groups is 1. The van der Waals surface area contributed by atoms with Crippen molar-refractivity contribution in [2.75, 3.05) is 32.3 Å². The van der Waals surface area contributed by atoms with E-state index in [1.54, 1.807) is 95.1 Å². The van der Waals surface area contributed by atoms with Gasteiger partial charge in [-0.05, 0) is 70.9 Å². The summed E-state index contributed by atoms with van der Waals surface area (Å²) in [6.07, 6.45) is 17.0. The highest BCUT2D eigenvalue weighted by Crippen LogP contribution is 2.38. The molecule has 51 heteroatoms. The normalized spacial score (nSPS) is 12.2.